The molecule has 0 saturated carbocycles. The lowest BCUT2D eigenvalue weighted by Crippen LogP contribution is -2.16. The average molecular weight is 365 g/mol. The van der Waals surface area contributed by atoms with Gasteiger partial charge in [0.25, 0.3) is 5.91 Å². The molecule has 1 amide bonds. The summed E-state index contributed by atoms with van der Waals surface area (Å²) in [7, 11) is 0. The third-order valence-corrected chi connectivity index (χ3v) is 3.80. The average Bonchev–Trinajstić information content (AvgIpc) is 2.92. The van der Waals surface area contributed by atoms with Crippen molar-refractivity contribution >= 4 is 35.1 Å². The van der Waals surface area contributed by atoms with Crippen LogP contribution < -0.4 is 5.32 Å². The van der Waals surface area contributed by atoms with E-state index < -0.39 is 11.7 Å². The summed E-state index contributed by atoms with van der Waals surface area (Å²) in [5.74, 6) is -0.662. The predicted octanol–water partition coefficient (Wildman–Crippen LogP) is 4.27. The number of hydrogen-bond donors (Lipinski definition) is 1. The number of anilines is 1. The second-order valence-corrected chi connectivity index (χ2v) is 5.74. The summed E-state index contributed by atoms with van der Waals surface area (Å²) < 4.78 is 15.1. The van der Waals surface area contributed by atoms with Gasteiger partial charge in [-0.25, -0.2) is 4.39 Å². The number of aromatic nitrogens is 3. The van der Waals surface area contributed by atoms with Crippen LogP contribution in [-0.2, 0) is 0 Å². The summed E-state index contributed by atoms with van der Waals surface area (Å²) in [6.07, 6.45) is 0. The number of carbonyl (C=O) groups is 1. The molecule has 8 heteroatoms. The lowest BCUT2D eigenvalue weighted by Gasteiger charge is -2.09. The van der Waals surface area contributed by atoms with Crippen molar-refractivity contribution in [3.8, 4) is 5.69 Å². The first-order valence-electron chi connectivity index (χ1n) is 6.90. The highest BCUT2D eigenvalue weighted by Gasteiger charge is 2.18. The molecule has 0 aliphatic carbocycles. The van der Waals surface area contributed by atoms with Crippen molar-refractivity contribution in [2.24, 2.45) is 0 Å². The van der Waals surface area contributed by atoms with Gasteiger partial charge in [0, 0.05) is 0 Å². The molecule has 3 rings (SSSR count). The number of benzene rings is 2. The van der Waals surface area contributed by atoms with E-state index in [4.69, 9.17) is 23.2 Å². The van der Waals surface area contributed by atoms with Crippen LogP contribution in [0.5, 0.6) is 0 Å². The van der Waals surface area contributed by atoms with Crippen LogP contribution in [0.4, 0.5) is 10.3 Å². The molecule has 1 N–H and O–H groups in total. The van der Waals surface area contributed by atoms with Crippen LogP contribution in [0.3, 0.4) is 0 Å². The maximum absolute atomic E-state index is 13.6. The number of amides is 1. The molecule has 0 bridgehead atoms. The number of halogens is 3. The first kappa shape index (κ1) is 16.4. The van der Waals surface area contributed by atoms with E-state index in [1.165, 1.54) is 10.7 Å². The summed E-state index contributed by atoms with van der Waals surface area (Å²) in [5, 5.41) is 6.72. The predicted molar refractivity (Wildman–Crippen MR) is 90.5 cm³/mol. The zero-order valence-electron chi connectivity index (χ0n) is 12.4. The van der Waals surface area contributed by atoms with Gasteiger partial charge in [-0.2, -0.15) is 9.67 Å². The molecule has 0 aliphatic heterocycles. The largest absolute Gasteiger partial charge is 0.290 e. The second-order valence-electron chi connectivity index (χ2n) is 4.93. The van der Waals surface area contributed by atoms with Crippen LogP contribution in [0.25, 0.3) is 5.69 Å². The third-order valence-electron chi connectivity index (χ3n) is 3.19. The second kappa shape index (κ2) is 6.59. The van der Waals surface area contributed by atoms with Gasteiger partial charge in [0.2, 0.25) is 5.95 Å². The minimum Gasteiger partial charge on any atom is -0.290 e. The third kappa shape index (κ3) is 3.25. The maximum Gasteiger partial charge on any atom is 0.259 e. The standard InChI is InChI=1S/C16H11Cl2FN4O/c1-9-20-16(23(22-9)10-5-3-2-4-6-10)21-15(24)11-7-14(19)13(18)8-12(11)17/h2-8H,1H3,(H,20,21,22,24). The molecule has 122 valence electrons. The van der Waals surface area contributed by atoms with E-state index in [1.54, 1.807) is 6.92 Å². The summed E-state index contributed by atoms with van der Waals surface area (Å²) >= 11 is 11.6. The van der Waals surface area contributed by atoms with Gasteiger partial charge in [-0.15, -0.1) is 5.10 Å². The fourth-order valence-electron chi connectivity index (χ4n) is 2.11. The number of hydrogen-bond acceptors (Lipinski definition) is 3. The van der Waals surface area contributed by atoms with Crippen LogP contribution in [0, 0.1) is 12.7 Å². The van der Waals surface area contributed by atoms with Crippen molar-refractivity contribution in [3.63, 3.8) is 0 Å². The lowest BCUT2D eigenvalue weighted by molar-refractivity contribution is 0.102. The van der Waals surface area contributed by atoms with Crippen molar-refractivity contribution in [3.05, 3.63) is 69.7 Å². The van der Waals surface area contributed by atoms with E-state index in [0.717, 1.165) is 11.8 Å². The molecule has 0 aliphatic rings. The van der Waals surface area contributed by atoms with Crippen molar-refractivity contribution < 1.29 is 9.18 Å². The van der Waals surface area contributed by atoms with E-state index in [9.17, 15) is 9.18 Å². The molecule has 24 heavy (non-hydrogen) atoms. The summed E-state index contributed by atoms with van der Waals surface area (Å²) in [4.78, 5) is 16.6. The van der Waals surface area contributed by atoms with Crippen molar-refractivity contribution in [1.82, 2.24) is 14.8 Å². The first-order chi connectivity index (χ1) is 11.5. The van der Waals surface area contributed by atoms with Crippen molar-refractivity contribution in [1.29, 1.82) is 0 Å². The number of aryl methyl sites for hydroxylation is 1. The quantitative estimate of drug-likeness (QED) is 0.705. The Labute approximate surface area is 147 Å². The molecule has 0 spiro atoms. The molecule has 1 aromatic heterocycles. The molecule has 0 fully saturated rings. The molecule has 2 aromatic carbocycles. The smallest absolute Gasteiger partial charge is 0.259 e. The van der Waals surface area contributed by atoms with Gasteiger partial charge < -0.3 is 0 Å². The van der Waals surface area contributed by atoms with E-state index in [1.807, 2.05) is 30.3 Å². The molecule has 5 nitrogen and oxygen atoms in total. The Hall–Kier alpha value is -2.44. The van der Waals surface area contributed by atoms with Crippen LogP contribution in [-0.4, -0.2) is 20.7 Å². The first-order valence-corrected chi connectivity index (χ1v) is 7.66. The van der Waals surface area contributed by atoms with Gasteiger partial charge in [-0.05, 0) is 31.2 Å². The SMILES string of the molecule is Cc1nc(NC(=O)c2cc(F)c(Cl)cc2Cl)n(-c2ccccc2)n1. The van der Waals surface area contributed by atoms with Gasteiger partial charge >= 0.3 is 0 Å². The Morgan fingerprint density at radius 3 is 2.58 bits per heavy atom. The lowest BCUT2D eigenvalue weighted by atomic mass is 10.2. The van der Waals surface area contributed by atoms with Gasteiger partial charge in [0.1, 0.15) is 11.6 Å². The molecule has 0 atom stereocenters. The van der Waals surface area contributed by atoms with Gasteiger partial charge in [-0.3, -0.25) is 10.1 Å². The molecule has 0 unspecified atom stereocenters. The fraction of sp³-hybridized carbons (Fsp3) is 0.0625. The van der Waals surface area contributed by atoms with Gasteiger partial charge in [0.05, 0.1) is 21.3 Å². The van der Waals surface area contributed by atoms with Crippen molar-refractivity contribution in [2.75, 3.05) is 5.32 Å². The monoisotopic (exact) mass is 364 g/mol. The summed E-state index contributed by atoms with van der Waals surface area (Å²) in [5.41, 5.74) is 0.681. The fourth-order valence-corrected chi connectivity index (χ4v) is 2.58. The highest BCUT2D eigenvalue weighted by atomic mass is 35.5. The Balaban J connectivity index is 1.95. The molecular weight excluding hydrogens is 354 g/mol. The Morgan fingerprint density at radius 2 is 1.88 bits per heavy atom. The minimum atomic E-state index is -0.730. The minimum absolute atomic E-state index is 0.0427. The van der Waals surface area contributed by atoms with Crippen LogP contribution >= 0.6 is 23.2 Å². The summed E-state index contributed by atoms with van der Waals surface area (Å²) in [6.45, 7) is 1.70. The normalized spacial score (nSPS) is 10.7. The van der Waals surface area contributed by atoms with Crippen LogP contribution in [0.15, 0.2) is 42.5 Å². The molecular formula is C16H11Cl2FN4O. The number of rotatable bonds is 3. The highest BCUT2D eigenvalue weighted by molar-refractivity contribution is 6.37. The van der Waals surface area contributed by atoms with Crippen LogP contribution in [0.2, 0.25) is 10.0 Å². The van der Waals surface area contributed by atoms with Gasteiger partial charge in [-0.1, -0.05) is 41.4 Å². The number of nitrogens with one attached hydrogen (secondary N) is 1. The molecule has 1 heterocycles. The van der Waals surface area contributed by atoms with Gasteiger partial charge in [0.15, 0.2) is 0 Å². The topological polar surface area (TPSA) is 59.8 Å². The van der Waals surface area contributed by atoms with E-state index in [0.29, 0.717) is 5.82 Å². The number of para-hydroxylation sites is 1. The Bertz CT molecular complexity index is 912. The Kier molecular flexibility index (Phi) is 4.51. The molecule has 0 radical (unpaired) electrons. The number of nitrogens with zero attached hydrogens (tertiary/aromatic N) is 3. The highest BCUT2D eigenvalue weighted by Crippen LogP contribution is 2.25. The van der Waals surface area contributed by atoms with Crippen LogP contribution in [0.1, 0.15) is 16.2 Å². The van der Waals surface area contributed by atoms with Crippen molar-refractivity contribution in [2.45, 2.75) is 6.92 Å². The molecule has 3 aromatic rings. The number of carbonyl (C=O) groups excluding carboxylic acids is 1. The Morgan fingerprint density at radius 1 is 1.17 bits per heavy atom. The van der Waals surface area contributed by atoms with E-state index in [2.05, 4.69) is 15.4 Å². The van der Waals surface area contributed by atoms with E-state index in [-0.39, 0.29) is 21.6 Å². The zero-order valence-corrected chi connectivity index (χ0v) is 13.9. The van der Waals surface area contributed by atoms with E-state index >= 15 is 0 Å². The zero-order chi connectivity index (χ0) is 17.3. The maximum atomic E-state index is 13.6. The molecule has 0 saturated heterocycles. The summed E-state index contributed by atoms with van der Waals surface area (Å²) in [6, 6.07) is 11.3.